The molecular formula is C24H31Cl2N7O. The lowest BCUT2D eigenvalue weighted by Gasteiger charge is -2.34. The van der Waals surface area contributed by atoms with Crippen LogP contribution in [0.15, 0.2) is 24.4 Å². The summed E-state index contributed by atoms with van der Waals surface area (Å²) in [6.07, 6.45) is 7.87. The second-order valence-corrected chi connectivity index (χ2v) is 10.6. The number of hydrogen-bond acceptors (Lipinski definition) is 7. The van der Waals surface area contributed by atoms with E-state index in [-0.39, 0.29) is 11.6 Å². The van der Waals surface area contributed by atoms with Gasteiger partial charge >= 0.3 is 0 Å². The molecule has 3 aromatic rings. The van der Waals surface area contributed by atoms with Crippen LogP contribution in [-0.4, -0.2) is 44.8 Å². The van der Waals surface area contributed by atoms with Gasteiger partial charge in [0.25, 0.3) is 0 Å². The maximum absolute atomic E-state index is 6.24. The molecule has 34 heavy (non-hydrogen) atoms. The van der Waals surface area contributed by atoms with E-state index in [4.69, 9.17) is 43.6 Å². The van der Waals surface area contributed by atoms with Gasteiger partial charge in [0.1, 0.15) is 5.52 Å². The molecule has 182 valence electrons. The van der Waals surface area contributed by atoms with E-state index in [9.17, 15) is 0 Å². The molecule has 3 heterocycles. The number of nitrogens with two attached hydrogens (primary N) is 1. The molecule has 1 aliphatic carbocycles. The number of rotatable bonds is 6. The van der Waals surface area contributed by atoms with Crippen molar-refractivity contribution in [1.82, 2.24) is 19.5 Å². The van der Waals surface area contributed by atoms with Gasteiger partial charge in [-0.1, -0.05) is 23.2 Å². The number of halogens is 2. The highest BCUT2D eigenvalue weighted by Gasteiger charge is 2.30. The van der Waals surface area contributed by atoms with Gasteiger partial charge in [0, 0.05) is 40.5 Å². The molecule has 0 amide bonds. The molecule has 0 atom stereocenters. The Balaban J connectivity index is 1.52. The lowest BCUT2D eigenvalue weighted by molar-refractivity contribution is 0.0656. The number of aromatic nitrogens is 4. The smallest absolute Gasteiger partial charge is 0.225 e. The third-order valence-corrected chi connectivity index (χ3v) is 7.51. The molecule has 8 nitrogen and oxygen atoms in total. The molecule has 0 radical (unpaired) electrons. The fraction of sp³-hybridized carbons (Fsp3) is 0.542. The minimum Gasteiger partial charge on any atom is -0.381 e. The molecule has 2 aromatic heterocycles. The zero-order valence-electron chi connectivity index (χ0n) is 19.4. The number of nitrogens with one attached hydrogen (secondary N) is 2. The van der Waals surface area contributed by atoms with E-state index < -0.39 is 0 Å². The number of hydrogen-bond donors (Lipinski definition) is 3. The van der Waals surface area contributed by atoms with Gasteiger partial charge < -0.3 is 21.1 Å². The molecule has 2 aliphatic rings. The minimum absolute atomic E-state index is 0.0887. The van der Waals surface area contributed by atoms with E-state index in [1.807, 2.05) is 12.1 Å². The molecule has 1 aromatic carbocycles. The number of benzene rings is 1. The Morgan fingerprint density at radius 3 is 2.47 bits per heavy atom. The SMILES string of the molecule is CC1(Nc2ncc3nc(Nc4cc(Cl)cc(Cl)c4)n([C@H]4CC[C@@H](CN)CC4)c3n2)CCOCC1. The van der Waals surface area contributed by atoms with Crippen LogP contribution in [0.4, 0.5) is 17.6 Å². The fourth-order valence-electron chi connectivity index (χ4n) is 5.00. The number of ether oxygens (including phenoxy) is 1. The van der Waals surface area contributed by atoms with Crippen molar-refractivity contribution in [3.05, 3.63) is 34.4 Å². The van der Waals surface area contributed by atoms with E-state index in [0.29, 0.717) is 27.9 Å². The standard InChI is InChI=1S/C24H31Cl2N7O/c1-24(6-8-34-9-7-24)32-22-28-14-20-21(31-22)33(19-4-2-15(13-27)3-5-19)23(30-20)29-18-11-16(25)10-17(26)12-18/h10-12,14-15,19H,2-9,13,27H2,1H3,(H,29,30)(H,28,31,32)/t15-,19+. The Morgan fingerprint density at radius 2 is 1.79 bits per heavy atom. The van der Waals surface area contributed by atoms with Crippen LogP contribution in [0.25, 0.3) is 11.2 Å². The third-order valence-electron chi connectivity index (χ3n) is 7.08. The molecule has 10 heteroatoms. The van der Waals surface area contributed by atoms with Crippen molar-refractivity contribution in [2.75, 3.05) is 30.4 Å². The molecule has 0 unspecified atom stereocenters. The summed E-state index contributed by atoms with van der Waals surface area (Å²) in [7, 11) is 0. The van der Waals surface area contributed by atoms with E-state index in [1.165, 1.54) is 0 Å². The van der Waals surface area contributed by atoms with Crippen LogP contribution in [-0.2, 0) is 4.74 Å². The lowest BCUT2D eigenvalue weighted by atomic mass is 9.86. The summed E-state index contributed by atoms with van der Waals surface area (Å²) in [6, 6.07) is 5.66. The average molecular weight is 504 g/mol. The molecule has 4 N–H and O–H groups in total. The third kappa shape index (κ3) is 5.10. The lowest BCUT2D eigenvalue weighted by Crippen LogP contribution is -2.41. The molecule has 0 bridgehead atoms. The van der Waals surface area contributed by atoms with E-state index in [0.717, 1.165) is 75.1 Å². The van der Waals surface area contributed by atoms with E-state index in [2.05, 4.69) is 27.1 Å². The first-order valence-corrected chi connectivity index (χ1v) is 12.7. The van der Waals surface area contributed by atoms with Crippen LogP contribution in [0.2, 0.25) is 10.0 Å². The largest absolute Gasteiger partial charge is 0.381 e. The van der Waals surface area contributed by atoms with Crippen molar-refractivity contribution in [3.8, 4) is 0 Å². The quantitative estimate of drug-likeness (QED) is 0.405. The minimum atomic E-state index is -0.0887. The van der Waals surface area contributed by atoms with E-state index >= 15 is 0 Å². The Kier molecular flexibility index (Phi) is 6.84. The Morgan fingerprint density at radius 1 is 1.09 bits per heavy atom. The molecule has 1 saturated heterocycles. The van der Waals surface area contributed by atoms with Crippen molar-refractivity contribution >= 4 is 51.9 Å². The van der Waals surface area contributed by atoms with Gasteiger partial charge in [-0.3, -0.25) is 4.57 Å². The highest BCUT2D eigenvalue weighted by molar-refractivity contribution is 6.35. The summed E-state index contributed by atoms with van der Waals surface area (Å²) in [6.45, 7) is 4.42. The number of nitrogens with zero attached hydrogens (tertiary/aromatic N) is 4. The first-order valence-electron chi connectivity index (χ1n) is 12.0. The molecule has 1 saturated carbocycles. The first-order chi connectivity index (χ1) is 16.4. The first kappa shape index (κ1) is 23.6. The number of fused-ring (bicyclic) bond motifs is 1. The molecule has 0 spiro atoms. The van der Waals surface area contributed by atoms with Crippen molar-refractivity contribution < 1.29 is 4.74 Å². The highest BCUT2D eigenvalue weighted by Crippen LogP contribution is 2.37. The monoisotopic (exact) mass is 503 g/mol. The fourth-order valence-corrected chi connectivity index (χ4v) is 5.52. The van der Waals surface area contributed by atoms with Gasteiger partial charge in [0.15, 0.2) is 5.65 Å². The van der Waals surface area contributed by atoms with Gasteiger partial charge in [-0.05, 0) is 76.1 Å². The Hall–Kier alpha value is -2.13. The Labute approximate surface area is 209 Å². The number of imidazole rings is 1. The predicted octanol–water partition coefficient (Wildman–Crippen LogP) is 5.55. The summed E-state index contributed by atoms with van der Waals surface area (Å²) >= 11 is 12.5. The van der Waals surface area contributed by atoms with Crippen molar-refractivity contribution in [2.24, 2.45) is 11.7 Å². The normalized spacial score (nSPS) is 22.6. The van der Waals surface area contributed by atoms with Crippen molar-refractivity contribution in [2.45, 2.75) is 57.0 Å². The van der Waals surface area contributed by atoms with Crippen LogP contribution in [0.5, 0.6) is 0 Å². The topological polar surface area (TPSA) is 103 Å². The maximum atomic E-state index is 6.24. The van der Waals surface area contributed by atoms with Crippen molar-refractivity contribution in [3.63, 3.8) is 0 Å². The molecule has 5 rings (SSSR count). The van der Waals surface area contributed by atoms with Crippen molar-refractivity contribution in [1.29, 1.82) is 0 Å². The summed E-state index contributed by atoms with van der Waals surface area (Å²) in [5.41, 5.74) is 8.21. The van der Waals surface area contributed by atoms with Gasteiger partial charge in [-0.2, -0.15) is 4.98 Å². The zero-order valence-corrected chi connectivity index (χ0v) is 20.9. The summed E-state index contributed by atoms with van der Waals surface area (Å²) < 4.78 is 7.75. The molecule has 1 aliphatic heterocycles. The van der Waals surface area contributed by atoms with E-state index in [1.54, 1.807) is 12.3 Å². The van der Waals surface area contributed by atoms with Gasteiger partial charge in [-0.15, -0.1) is 0 Å². The van der Waals surface area contributed by atoms with Gasteiger partial charge in [0.05, 0.1) is 6.20 Å². The van der Waals surface area contributed by atoms with Crippen LogP contribution in [0, 0.1) is 5.92 Å². The zero-order chi connectivity index (χ0) is 23.7. The van der Waals surface area contributed by atoms with Crippen LogP contribution >= 0.6 is 23.2 Å². The Bertz CT molecular complexity index is 1130. The predicted molar refractivity (Wildman–Crippen MR) is 137 cm³/mol. The second-order valence-electron chi connectivity index (χ2n) is 9.70. The molecule has 2 fully saturated rings. The van der Waals surface area contributed by atoms with Crippen LogP contribution in [0.1, 0.15) is 51.5 Å². The molecular weight excluding hydrogens is 473 g/mol. The number of anilines is 3. The summed E-state index contributed by atoms with van der Waals surface area (Å²) in [4.78, 5) is 14.4. The summed E-state index contributed by atoms with van der Waals surface area (Å²) in [5.74, 6) is 1.91. The average Bonchev–Trinajstić information content (AvgIpc) is 3.15. The van der Waals surface area contributed by atoms with Crippen LogP contribution < -0.4 is 16.4 Å². The van der Waals surface area contributed by atoms with Gasteiger partial charge in [-0.25, -0.2) is 9.97 Å². The van der Waals surface area contributed by atoms with Gasteiger partial charge in [0.2, 0.25) is 11.9 Å². The highest BCUT2D eigenvalue weighted by atomic mass is 35.5. The summed E-state index contributed by atoms with van der Waals surface area (Å²) in [5, 5.41) is 8.12. The second kappa shape index (κ2) is 9.85. The van der Waals surface area contributed by atoms with Crippen LogP contribution in [0.3, 0.4) is 0 Å². The maximum Gasteiger partial charge on any atom is 0.225 e.